The van der Waals surface area contributed by atoms with Crippen molar-refractivity contribution in [3.05, 3.63) is 18.2 Å². The highest BCUT2D eigenvalue weighted by Crippen LogP contribution is 2.25. The van der Waals surface area contributed by atoms with E-state index in [0.717, 1.165) is 0 Å². The molecular weight excluding hydrogens is 276 g/mol. The van der Waals surface area contributed by atoms with Crippen molar-refractivity contribution in [3.63, 3.8) is 0 Å². The van der Waals surface area contributed by atoms with Crippen molar-refractivity contribution in [3.8, 4) is 11.5 Å². The molecule has 7 heteroatoms. The average molecular weight is 296 g/mol. The van der Waals surface area contributed by atoms with E-state index < -0.39 is 17.5 Å². The molecule has 116 valence electrons. The van der Waals surface area contributed by atoms with E-state index in [1.165, 1.54) is 21.1 Å². The number of carboxylic acids is 1. The molecule has 1 aromatic rings. The number of benzene rings is 1. The predicted molar refractivity (Wildman–Crippen MR) is 78.0 cm³/mol. The molecule has 0 fully saturated rings. The Bertz CT molecular complexity index is 510. The van der Waals surface area contributed by atoms with E-state index >= 15 is 0 Å². The summed E-state index contributed by atoms with van der Waals surface area (Å²) in [5.41, 5.74) is -0.889. The Kier molecular flexibility index (Phi) is 5.40. The highest BCUT2D eigenvalue weighted by atomic mass is 16.5. The summed E-state index contributed by atoms with van der Waals surface area (Å²) >= 11 is 0. The highest BCUT2D eigenvalue weighted by molar-refractivity contribution is 5.94. The van der Waals surface area contributed by atoms with E-state index in [4.69, 9.17) is 14.6 Å². The van der Waals surface area contributed by atoms with Crippen molar-refractivity contribution < 1.29 is 24.2 Å². The predicted octanol–water partition coefficient (Wildman–Crippen LogP) is 2.08. The molecule has 1 aromatic carbocycles. The van der Waals surface area contributed by atoms with Crippen LogP contribution in [0.2, 0.25) is 0 Å². The lowest BCUT2D eigenvalue weighted by molar-refractivity contribution is -0.143. The van der Waals surface area contributed by atoms with E-state index in [1.807, 2.05) is 0 Å². The summed E-state index contributed by atoms with van der Waals surface area (Å²) in [5.74, 6) is -0.0642. The Labute approximate surface area is 123 Å². The fourth-order valence-electron chi connectivity index (χ4n) is 1.59. The summed E-state index contributed by atoms with van der Waals surface area (Å²) in [4.78, 5) is 23.1. The van der Waals surface area contributed by atoms with Crippen LogP contribution in [0.15, 0.2) is 18.2 Å². The number of urea groups is 1. The first-order valence-corrected chi connectivity index (χ1v) is 6.40. The molecule has 0 aliphatic heterocycles. The Morgan fingerprint density at radius 3 is 2.10 bits per heavy atom. The van der Waals surface area contributed by atoms with Crippen molar-refractivity contribution in [2.45, 2.75) is 25.8 Å². The van der Waals surface area contributed by atoms with Gasteiger partial charge in [-0.25, -0.2) is 9.59 Å². The minimum absolute atomic E-state index is 0.261. The largest absolute Gasteiger partial charge is 0.497 e. The van der Waals surface area contributed by atoms with Crippen molar-refractivity contribution in [1.29, 1.82) is 0 Å². The summed E-state index contributed by atoms with van der Waals surface area (Å²) in [6, 6.07) is 4.26. The molecule has 21 heavy (non-hydrogen) atoms. The second-order valence-electron chi connectivity index (χ2n) is 4.67. The van der Waals surface area contributed by atoms with Gasteiger partial charge in [0.15, 0.2) is 0 Å². The number of amides is 2. The zero-order valence-corrected chi connectivity index (χ0v) is 12.5. The second-order valence-corrected chi connectivity index (χ2v) is 4.67. The maximum Gasteiger partial charge on any atom is 0.329 e. The zero-order chi connectivity index (χ0) is 16.0. The van der Waals surface area contributed by atoms with Crippen LogP contribution in [-0.4, -0.2) is 36.9 Å². The molecule has 0 radical (unpaired) electrons. The Balaban J connectivity index is 2.86. The molecule has 0 aliphatic carbocycles. The van der Waals surface area contributed by atoms with Crippen molar-refractivity contribution >= 4 is 17.7 Å². The quantitative estimate of drug-likeness (QED) is 0.746. The molecule has 0 saturated heterocycles. The minimum atomic E-state index is -1.33. The molecule has 0 saturated carbocycles. The average Bonchev–Trinajstić information content (AvgIpc) is 2.46. The van der Waals surface area contributed by atoms with E-state index in [1.54, 1.807) is 25.1 Å². The van der Waals surface area contributed by atoms with Crippen LogP contribution in [0.4, 0.5) is 10.5 Å². The zero-order valence-electron chi connectivity index (χ0n) is 12.5. The van der Waals surface area contributed by atoms with Crippen LogP contribution in [0.25, 0.3) is 0 Å². The molecule has 1 rings (SSSR count). The molecule has 7 nitrogen and oxygen atoms in total. The number of carbonyl (C=O) groups is 2. The van der Waals surface area contributed by atoms with Gasteiger partial charge in [0.1, 0.15) is 17.0 Å². The fraction of sp³-hybridized carbons (Fsp3) is 0.429. The number of methoxy groups -OCH3 is 2. The molecule has 0 bridgehead atoms. The van der Waals surface area contributed by atoms with Gasteiger partial charge in [0, 0.05) is 23.9 Å². The standard InChI is InChI=1S/C14H20N2O5/c1-5-14(2,12(17)18)16-13(19)15-9-6-10(20-3)8-11(7-9)21-4/h6-8H,5H2,1-4H3,(H,17,18)(H2,15,16,19). The lowest BCUT2D eigenvalue weighted by atomic mass is 10.00. The number of carboxylic acid groups (broad SMARTS) is 1. The van der Waals surface area contributed by atoms with Gasteiger partial charge in [-0.2, -0.15) is 0 Å². The Hall–Kier alpha value is -2.44. The number of ether oxygens (including phenoxy) is 2. The van der Waals surface area contributed by atoms with Crippen LogP contribution in [0.3, 0.4) is 0 Å². The molecule has 2 amide bonds. The topological polar surface area (TPSA) is 96.9 Å². The highest BCUT2D eigenvalue weighted by Gasteiger charge is 2.32. The van der Waals surface area contributed by atoms with Gasteiger partial charge in [0.2, 0.25) is 0 Å². The monoisotopic (exact) mass is 296 g/mol. The van der Waals surface area contributed by atoms with Gasteiger partial charge in [-0.1, -0.05) is 6.92 Å². The molecule has 0 heterocycles. The number of rotatable bonds is 6. The molecule has 0 aliphatic rings. The molecule has 0 spiro atoms. The first kappa shape index (κ1) is 16.6. The van der Waals surface area contributed by atoms with Crippen molar-refractivity contribution in [2.75, 3.05) is 19.5 Å². The third kappa shape index (κ3) is 4.27. The Morgan fingerprint density at radius 1 is 1.19 bits per heavy atom. The lowest BCUT2D eigenvalue weighted by Gasteiger charge is -2.24. The summed E-state index contributed by atoms with van der Waals surface area (Å²) < 4.78 is 10.2. The SMILES string of the molecule is CCC(C)(NC(=O)Nc1cc(OC)cc(OC)c1)C(=O)O. The van der Waals surface area contributed by atoms with Gasteiger partial charge in [-0.05, 0) is 13.3 Å². The maximum atomic E-state index is 11.9. The van der Waals surface area contributed by atoms with Crippen molar-refractivity contribution in [2.24, 2.45) is 0 Å². The second kappa shape index (κ2) is 6.83. The van der Waals surface area contributed by atoms with Crippen LogP contribution < -0.4 is 20.1 Å². The van der Waals surface area contributed by atoms with E-state index in [2.05, 4.69) is 10.6 Å². The van der Waals surface area contributed by atoms with Crippen LogP contribution >= 0.6 is 0 Å². The summed E-state index contributed by atoms with van der Waals surface area (Å²) in [7, 11) is 2.99. The maximum absolute atomic E-state index is 11.9. The third-order valence-corrected chi connectivity index (χ3v) is 3.18. The van der Waals surface area contributed by atoms with Gasteiger partial charge in [0.05, 0.1) is 14.2 Å². The van der Waals surface area contributed by atoms with Gasteiger partial charge < -0.3 is 25.2 Å². The van der Waals surface area contributed by atoms with Crippen LogP contribution in [0.5, 0.6) is 11.5 Å². The molecule has 1 atom stereocenters. The number of aliphatic carboxylic acids is 1. The van der Waals surface area contributed by atoms with Gasteiger partial charge >= 0.3 is 12.0 Å². The van der Waals surface area contributed by atoms with E-state index in [-0.39, 0.29) is 6.42 Å². The van der Waals surface area contributed by atoms with Crippen LogP contribution in [0.1, 0.15) is 20.3 Å². The fourth-order valence-corrected chi connectivity index (χ4v) is 1.59. The smallest absolute Gasteiger partial charge is 0.329 e. The summed E-state index contributed by atoms with van der Waals surface area (Å²) in [5, 5.41) is 14.1. The number of anilines is 1. The van der Waals surface area contributed by atoms with Gasteiger partial charge in [0.25, 0.3) is 0 Å². The van der Waals surface area contributed by atoms with Crippen LogP contribution in [-0.2, 0) is 4.79 Å². The molecule has 3 N–H and O–H groups in total. The molecule has 1 unspecified atom stereocenters. The van der Waals surface area contributed by atoms with Crippen molar-refractivity contribution in [1.82, 2.24) is 5.32 Å². The van der Waals surface area contributed by atoms with E-state index in [9.17, 15) is 9.59 Å². The Morgan fingerprint density at radius 2 is 1.71 bits per heavy atom. The number of carbonyl (C=O) groups excluding carboxylic acids is 1. The van der Waals surface area contributed by atoms with E-state index in [0.29, 0.717) is 17.2 Å². The van der Waals surface area contributed by atoms with Gasteiger partial charge in [-0.3, -0.25) is 0 Å². The first-order chi connectivity index (χ1) is 9.84. The number of hydrogen-bond donors (Lipinski definition) is 3. The summed E-state index contributed by atoms with van der Waals surface area (Å²) in [6.45, 7) is 3.13. The first-order valence-electron chi connectivity index (χ1n) is 6.40. The molecule has 0 aromatic heterocycles. The minimum Gasteiger partial charge on any atom is -0.497 e. The molecular formula is C14H20N2O5. The summed E-state index contributed by atoms with van der Waals surface area (Å²) in [6.07, 6.45) is 0.261. The van der Waals surface area contributed by atoms with Crippen LogP contribution in [0, 0.1) is 0 Å². The normalized spacial score (nSPS) is 13.0. The third-order valence-electron chi connectivity index (χ3n) is 3.18. The lowest BCUT2D eigenvalue weighted by Crippen LogP contribution is -2.53. The van der Waals surface area contributed by atoms with Gasteiger partial charge in [-0.15, -0.1) is 0 Å². The number of nitrogens with one attached hydrogen (secondary N) is 2. The number of hydrogen-bond acceptors (Lipinski definition) is 4.